The van der Waals surface area contributed by atoms with E-state index in [1.807, 2.05) is 13.8 Å². The molecule has 6 heteroatoms. The normalized spacial score (nSPS) is 10.6. The van der Waals surface area contributed by atoms with Crippen LogP contribution in [-0.4, -0.2) is 28.0 Å². The van der Waals surface area contributed by atoms with Gasteiger partial charge in [-0.15, -0.1) is 0 Å². The molecule has 0 aliphatic rings. The van der Waals surface area contributed by atoms with E-state index in [4.69, 9.17) is 21.4 Å². The van der Waals surface area contributed by atoms with Gasteiger partial charge >= 0.3 is 5.97 Å². The van der Waals surface area contributed by atoms with E-state index in [2.05, 4.69) is 5.10 Å². The van der Waals surface area contributed by atoms with Crippen LogP contribution in [0.1, 0.15) is 27.3 Å². The molecule has 0 amide bonds. The van der Waals surface area contributed by atoms with Crippen LogP contribution in [0.25, 0.3) is 0 Å². The molecule has 0 spiro atoms. The smallest absolute Gasteiger partial charge is 0.335 e. The van der Waals surface area contributed by atoms with Crippen molar-refractivity contribution >= 4 is 17.6 Å². The molecule has 0 saturated heterocycles. The van der Waals surface area contributed by atoms with E-state index >= 15 is 0 Å². The fourth-order valence-electron chi connectivity index (χ4n) is 2.03. The Hall–Kier alpha value is -2.01. The summed E-state index contributed by atoms with van der Waals surface area (Å²) in [6, 6.07) is 4.75. The third-order valence-electron chi connectivity index (χ3n) is 3.14. The number of carboxylic acids is 1. The lowest BCUT2D eigenvalue weighted by Crippen LogP contribution is -2.07. The number of aromatic nitrogens is 2. The lowest BCUT2D eigenvalue weighted by molar-refractivity contribution is 0.0696. The van der Waals surface area contributed by atoms with Crippen molar-refractivity contribution in [1.82, 2.24) is 9.78 Å². The monoisotopic (exact) mass is 294 g/mol. The number of halogens is 1. The molecule has 1 heterocycles. The summed E-state index contributed by atoms with van der Waals surface area (Å²) in [5, 5.41) is 14.0. The van der Waals surface area contributed by atoms with Crippen LogP contribution in [0.15, 0.2) is 18.2 Å². The highest BCUT2D eigenvalue weighted by molar-refractivity contribution is 6.31. The van der Waals surface area contributed by atoms with Crippen molar-refractivity contribution in [3.63, 3.8) is 0 Å². The van der Waals surface area contributed by atoms with Crippen molar-refractivity contribution in [2.24, 2.45) is 0 Å². The van der Waals surface area contributed by atoms with E-state index < -0.39 is 5.97 Å². The molecule has 0 bridgehead atoms. The maximum absolute atomic E-state index is 11.0. The van der Waals surface area contributed by atoms with Crippen LogP contribution < -0.4 is 4.74 Å². The van der Waals surface area contributed by atoms with E-state index in [1.165, 1.54) is 6.07 Å². The van der Waals surface area contributed by atoms with Crippen molar-refractivity contribution in [2.75, 3.05) is 7.11 Å². The molecule has 1 aromatic carbocycles. The van der Waals surface area contributed by atoms with Gasteiger partial charge in [0.25, 0.3) is 0 Å². The van der Waals surface area contributed by atoms with Crippen LogP contribution in [0.4, 0.5) is 0 Å². The molecule has 1 N–H and O–H groups in total. The molecular weight excluding hydrogens is 280 g/mol. The minimum absolute atomic E-state index is 0.216. The van der Waals surface area contributed by atoms with Gasteiger partial charge in [0.15, 0.2) is 0 Å². The minimum Gasteiger partial charge on any atom is -0.496 e. The Kier molecular flexibility index (Phi) is 3.99. The summed E-state index contributed by atoms with van der Waals surface area (Å²) in [5.41, 5.74) is 2.55. The van der Waals surface area contributed by atoms with Crippen LogP contribution in [0.5, 0.6) is 5.75 Å². The van der Waals surface area contributed by atoms with Crippen molar-refractivity contribution in [2.45, 2.75) is 20.4 Å². The van der Waals surface area contributed by atoms with Crippen molar-refractivity contribution in [3.05, 3.63) is 45.7 Å². The Labute approximate surface area is 121 Å². The highest BCUT2D eigenvalue weighted by Gasteiger charge is 2.13. The second-order valence-corrected chi connectivity index (χ2v) is 4.85. The number of methoxy groups -OCH3 is 1. The molecule has 20 heavy (non-hydrogen) atoms. The number of hydrogen-bond acceptors (Lipinski definition) is 3. The van der Waals surface area contributed by atoms with Crippen LogP contribution in [0.2, 0.25) is 5.02 Å². The number of carbonyl (C=O) groups is 1. The number of aryl methyl sites for hydroxylation is 1. The summed E-state index contributed by atoms with van der Waals surface area (Å²) in [5.74, 6) is -0.348. The fourth-order valence-corrected chi connectivity index (χ4v) is 2.16. The Morgan fingerprint density at radius 2 is 2.15 bits per heavy atom. The Morgan fingerprint density at radius 3 is 2.65 bits per heavy atom. The summed E-state index contributed by atoms with van der Waals surface area (Å²) in [7, 11) is 1.55. The second kappa shape index (κ2) is 5.54. The van der Waals surface area contributed by atoms with E-state index in [-0.39, 0.29) is 5.56 Å². The first-order valence-electron chi connectivity index (χ1n) is 6.03. The summed E-state index contributed by atoms with van der Waals surface area (Å²) in [4.78, 5) is 11.0. The summed E-state index contributed by atoms with van der Waals surface area (Å²) >= 11 is 6.11. The van der Waals surface area contributed by atoms with Crippen molar-refractivity contribution in [1.29, 1.82) is 0 Å². The Balaban J connectivity index is 2.43. The molecule has 2 rings (SSSR count). The number of rotatable bonds is 4. The standard InChI is InChI=1S/C14H15ClN2O3/c1-8-13(15)9(2)17(16-8)7-11-6-10(14(18)19)4-5-12(11)20-3/h4-6H,7H2,1-3H3,(H,18,19). The molecule has 106 valence electrons. The summed E-state index contributed by atoms with van der Waals surface area (Å²) < 4.78 is 7.00. The molecule has 2 aromatic rings. The van der Waals surface area contributed by atoms with Gasteiger partial charge in [-0.2, -0.15) is 5.10 Å². The largest absolute Gasteiger partial charge is 0.496 e. The second-order valence-electron chi connectivity index (χ2n) is 4.47. The van der Waals surface area contributed by atoms with Crippen molar-refractivity contribution in [3.8, 4) is 5.75 Å². The van der Waals surface area contributed by atoms with Crippen LogP contribution >= 0.6 is 11.6 Å². The fraction of sp³-hybridized carbons (Fsp3) is 0.286. The van der Waals surface area contributed by atoms with Gasteiger partial charge in [0.05, 0.1) is 35.6 Å². The Bertz CT molecular complexity index is 665. The number of carboxylic acid groups (broad SMARTS) is 1. The van der Waals surface area contributed by atoms with Crippen LogP contribution in [0, 0.1) is 13.8 Å². The summed E-state index contributed by atoms with van der Waals surface area (Å²) in [6.07, 6.45) is 0. The zero-order valence-corrected chi connectivity index (χ0v) is 12.2. The maximum atomic E-state index is 11.0. The third kappa shape index (κ3) is 2.63. The molecule has 0 atom stereocenters. The number of nitrogens with zero attached hydrogens (tertiary/aromatic N) is 2. The SMILES string of the molecule is COc1ccc(C(=O)O)cc1Cn1nc(C)c(Cl)c1C. The van der Waals surface area contributed by atoms with Gasteiger partial charge in [0.2, 0.25) is 0 Å². The van der Waals surface area contributed by atoms with Gasteiger partial charge in [-0.3, -0.25) is 4.68 Å². The number of aromatic carboxylic acids is 1. The maximum Gasteiger partial charge on any atom is 0.335 e. The highest BCUT2D eigenvalue weighted by Crippen LogP contribution is 2.24. The van der Waals surface area contributed by atoms with Gasteiger partial charge in [-0.05, 0) is 32.0 Å². The number of benzene rings is 1. The first-order valence-corrected chi connectivity index (χ1v) is 6.41. The van der Waals surface area contributed by atoms with Crippen molar-refractivity contribution < 1.29 is 14.6 Å². The first-order chi connectivity index (χ1) is 9.43. The minimum atomic E-state index is -0.972. The molecule has 0 aliphatic carbocycles. The lowest BCUT2D eigenvalue weighted by Gasteiger charge is -2.11. The quantitative estimate of drug-likeness (QED) is 0.941. The van der Waals surface area contributed by atoms with Gasteiger partial charge in [-0.1, -0.05) is 11.6 Å². The highest BCUT2D eigenvalue weighted by atomic mass is 35.5. The molecule has 0 radical (unpaired) electrons. The number of ether oxygens (including phenoxy) is 1. The van der Waals surface area contributed by atoms with Crippen LogP contribution in [0.3, 0.4) is 0 Å². The molecule has 1 aromatic heterocycles. The van der Waals surface area contributed by atoms with Gasteiger partial charge in [0, 0.05) is 5.56 Å². The zero-order chi connectivity index (χ0) is 14.9. The third-order valence-corrected chi connectivity index (χ3v) is 3.69. The predicted molar refractivity (Wildman–Crippen MR) is 75.8 cm³/mol. The van der Waals surface area contributed by atoms with Gasteiger partial charge in [0.1, 0.15) is 5.75 Å². The zero-order valence-electron chi connectivity index (χ0n) is 11.5. The van der Waals surface area contributed by atoms with E-state index in [0.717, 1.165) is 17.0 Å². The molecule has 5 nitrogen and oxygen atoms in total. The Morgan fingerprint density at radius 1 is 1.45 bits per heavy atom. The van der Waals surface area contributed by atoms with Gasteiger partial charge in [-0.25, -0.2) is 4.79 Å². The first kappa shape index (κ1) is 14.4. The van der Waals surface area contributed by atoms with Crippen LogP contribution in [-0.2, 0) is 6.54 Å². The topological polar surface area (TPSA) is 64.3 Å². The van der Waals surface area contributed by atoms with E-state index in [1.54, 1.807) is 23.9 Å². The molecular formula is C14H15ClN2O3. The van der Waals surface area contributed by atoms with E-state index in [0.29, 0.717) is 17.3 Å². The molecule has 0 aliphatic heterocycles. The molecule has 0 unspecified atom stereocenters. The average molecular weight is 295 g/mol. The lowest BCUT2D eigenvalue weighted by atomic mass is 10.1. The average Bonchev–Trinajstić information content (AvgIpc) is 2.66. The summed E-state index contributed by atoms with van der Waals surface area (Å²) in [6.45, 7) is 4.11. The van der Waals surface area contributed by atoms with Gasteiger partial charge < -0.3 is 9.84 Å². The predicted octanol–water partition coefficient (Wildman–Crippen LogP) is 2.91. The number of hydrogen-bond donors (Lipinski definition) is 1. The molecule has 0 fully saturated rings. The molecule has 0 saturated carbocycles. The van der Waals surface area contributed by atoms with E-state index in [9.17, 15) is 4.79 Å².